The first kappa shape index (κ1) is 19.9. The predicted molar refractivity (Wildman–Crippen MR) is 114 cm³/mol. The molecule has 0 bridgehead atoms. The molecule has 1 heterocycles. The van der Waals surface area contributed by atoms with Crippen LogP contribution in [-0.2, 0) is 11.3 Å². The molecule has 0 spiro atoms. The summed E-state index contributed by atoms with van der Waals surface area (Å²) < 4.78 is 1.99. The molecule has 0 aliphatic rings. The van der Waals surface area contributed by atoms with Gasteiger partial charge in [0.05, 0.1) is 11.8 Å². The number of hydrogen-bond acceptors (Lipinski definition) is 4. The zero-order valence-electron chi connectivity index (χ0n) is 16.1. The van der Waals surface area contributed by atoms with Gasteiger partial charge in [0.1, 0.15) is 0 Å². The van der Waals surface area contributed by atoms with Gasteiger partial charge in [0.15, 0.2) is 11.0 Å². The van der Waals surface area contributed by atoms with Crippen LogP contribution in [0.15, 0.2) is 72.4 Å². The maximum absolute atomic E-state index is 12.4. The van der Waals surface area contributed by atoms with E-state index in [0.717, 1.165) is 22.5 Å². The maximum Gasteiger partial charge on any atom is 0.230 e. The lowest BCUT2D eigenvalue weighted by molar-refractivity contribution is -0.119. The number of nitrogens with one attached hydrogen (secondary N) is 1. The summed E-state index contributed by atoms with van der Waals surface area (Å²) in [7, 11) is 0. The smallest absolute Gasteiger partial charge is 0.230 e. The molecule has 0 saturated carbocycles. The van der Waals surface area contributed by atoms with Crippen LogP contribution >= 0.6 is 11.8 Å². The first-order valence-corrected chi connectivity index (χ1v) is 10.1. The summed E-state index contributed by atoms with van der Waals surface area (Å²) in [4.78, 5) is 12.4. The molecule has 1 atom stereocenters. The molecule has 0 fully saturated rings. The van der Waals surface area contributed by atoms with Crippen LogP contribution in [0.4, 0.5) is 0 Å². The van der Waals surface area contributed by atoms with E-state index in [2.05, 4.69) is 28.2 Å². The number of amides is 1. The van der Waals surface area contributed by atoms with Gasteiger partial charge in [-0.25, -0.2) is 0 Å². The molecule has 3 aromatic rings. The molecule has 28 heavy (non-hydrogen) atoms. The Morgan fingerprint density at radius 3 is 2.71 bits per heavy atom. The van der Waals surface area contributed by atoms with Gasteiger partial charge in [0.25, 0.3) is 0 Å². The lowest BCUT2D eigenvalue weighted by Crippen LogP contribution is -2.28. The van der Waals surface area contributed by atoms with Crippen LogP contribution < -0.4 is 5.32 Å². The van der Waals surface area contributed by atoms with E-state index in [0.29, 0.717) is 11.7 Å². The number of hydrogen-bond donors (Lipinski definition) is 1. The van der Waals surface area contributed by atoms with Crippen molar-refractivity contribution < 1.29 is 4.79 Å². The third-order valence-corrected chi connectivity index (χ3v) is 5.28. The molecule has 1 aromatic heterocycles. The summed E-state index contributed by atoms with van der Waals surface area (Å²) in [6.07, 6.45) is 1.81. The highest BCUT2D eigenvalue weighted by Gasteiger charge is 2.16. The van der Waals surface area contributed by atoms with E-state index in [1.54, 1.807) is 0 Å². The predicted octanol–water partition coefficient (Wildman–Crippen LogP) is 4.41. The minimum Gasteiger partial charge on any atom is -0.349 e. The molecule has 1 amide bonds. The van der Waals surface area contributed by atoms with Crippen molar-refractivity contribution in [1.82, 2.24) is 20.1 Å². The first-order valence-electron chi connectivity index (χ1n) is 9.16. The Hall–Kier alpha value is -2.86. The minimum absolute atomic E-state index is 0.0355. The highest BCUT2D eigenvalue weighted by molar-refractivity contribution is 7.99. The average Bonchev–Trinajstić information content (AvgIpc) is 3.10. The Kier molecular flexibility index (Phi) is 6.66. The molecule has 144 valence electrons. The van der Waals surface area contributed by atoms with Crippen LogP contribution in [0.1, 0.15) is 24.1 Å². The Bertz CT molecular complexity index is 952. The monoisotopic (exact) mass is 392 g/mol. The SMILES string of the molecule is C=CCn1c(SCC(=O)N[C@@H](C)c2ccccc2)nnc1-c1cccc(C)c1. The zero-order chi connectivity index (χ0) is 19.9. The van der Waals surface area contributed by atoms with Crippen molar-refractivity contribution >= 4 is 17.7 Å². The van der Waals surface area contributed by atoms with Crippen molar-refractivity contribution in [3.8, 4) is 11.4 Å². The molecular weight excluding hydrogens is 368 g/mol. The summed E-state index contributed by atoms with van der Waals surface area (Å²) in [5.41, 5.74) is 3.25. The molecule has 0 aliphatic carbocycles. The summed E-state index contributed by atoms with van der Waals surface area (Å²) >= 11 is 1.38. The Balaban J connectivity index is 1.68. The number of rotatable bonds is 8. The lowest BCUT2D eigenvalue weighted by atomic mass is 10.1. The van der Waals surface area contributed by atoms with Gasteiger partial charge in [-0.3, -0.25) is 9.36 Å². The molecular formula is C22H24N4OS. The van der Waals surface area contributed by atoms with Gasteiger partial charge in [-0.1, -0.05) is 71.9 Å². The highest BCUT2D eigenvalue weighted by Crippen LogP contribution is 2.25. The van der Waals surface area contributed by atoms with Gasteiger partial charge >= 0.3 is 0 Å². The average molecular weight is 393 g/mol. The topological polar surface area (TPSA) is 59.8 Å². The fourth-order valence-electron chi connectivity index (χ4n) is 2.93. The van der Waals surface area contributed by atoms with E-state index in [1.807, 2.05) is 73.0 Å². The summed E-state index contributed by atoms with van der Waals surface area (Å²) in [5, 5.41) is 12.4. The second kappa shape index (κ2) is 9.37. The maximum atomic E-state index is 12.4. The number of thioether (sulfide) groups is 1. The van der Waals surface area contributed by atoms with Crippen molar-refractivity contribution in [1.29, 1.82) is 0 Å². The minimum atomic E-state index is -0.0387. The Labute approximate surface area is 169 Å². The summed E-state index contributed by atoms with van der Waals surface area (Å²) in [6, 6.07) is 18.0. The van der Waals surface area contributed by atoms with Gasteiger partial charge in [-0.2, -0.15) is 0 Å². The molecule has 2 aromatic carbocycles. The highest BCUT2D eigenvalue weighted by atomic mass is 32.2. The van der Waals surface area contributed by atoms with Gasteiger partial charge in [-0.15, -0.1) is 16.8 Å². The first-order chi connectivity index (χ1) is 13.6. The summed E-state index contributed by atoms with van der Waals surface area (Å²) in [6.45, 7) is 8.44. The number of aryl methyl sites for hydroxylation is 1. The number of benzene rings is 2. The Morgan fingerprint density at radius 1 is 1.21 bits per heavy atom. The molecule has 0 saturated heterocycles. The van der Waals surface area contributed by atoms with Gasteiger partial charge in [0.2, 0.25) is 5.91 Å². The largest absolute Gasteiger partial charge is 0.349 e. The second-order valence-electron chi connectivity index (χ2n) is 6.56. The number of carbonyl (C=O) groups excluding carboxylic acids is 1. The molecule has 1 N–H and O–H groups in total. The second-order valence-corrected chi connectivity index (χ2v) is 7.51. The fraction of sp³-hybridized carbons (Fsp3) is 0.227. The van der Waals surface area contributed by atoms with E-state index < -0.39 is 0 Å². The Morgan fingerprint density at radius 2 is 2.00 bits per heavy atom. The van der Waals surface area contributed by atoms with Crippen molar-refractivity contribution in [2.45, 2.75) is 31.6 Å². The van der Waals surface area contributed by atoms with Crippen LogP contribution in [-0.4, -0.2) is 26.4 Å². The van der Waals surface area contributed by atoms with Gasteiger partial charge < -0.3 is 5.32 Å². The van der Waals surface area contributed by atoms with Crippen LogP contribution in [0.25, 0.3) is 11.4 Å². The van der Waals surface area contributed by atoms with Crippen LogP contribution in [0, 0.1) is 6.92 Å². The van der Waals surface area contributed by atoms with E-state index in [1.165, 1.54) is 11.8 Å². The molecule has 0 radical (unpaired) electrons. The van der Waals surface area contributed by atoms with E-state index in [4.69, 9.17) is 0 Å². The molecule has 6 heteroatoms. The molecule has 0 unspecified atom stereocenters. The van der Waals surface area contributed by atoms with Crippen LogP contribution in [0.5, 0.6) is 0 Å². The summed E-state index contributed by atoms with van der Waals surface area (Å²) in [5.74, 6) is 1.02. The molecule has 0 aliphatic heterocycles. The number of carbonyl (C=O) groups is 1. The standard InChI is InChI=1S/C22H24N4OS/c1-4-13-26-21(19-12-8-9-16(2)14-19)24-25-22(26)28-15-20(27)23-17(3)18-10-6-5-7-11-18/h4-12,14,17H,1,13,15H2,2-3H3,(H,23,27)/t17-/m0/s1. The number of allylic oxidation sites excluding steroid dienone is 1. The fourth-order valence-corrected chi connectivity index (χ4v) is 3.68. The number of nitrogens with zero attached hydrogens (tertiary/aromatic N) is 3. The normalized spacial score (nSPS) is 11.8. The third-order valence-electron chi connectivity index (χ3n) is 4.31. The lowest BCUT2D eigenvalue weighted by Gasteiger charge is -2.14. The van der Waals surface area contributed by atoms with Crippen LogP contribution in [0.3, 0.4) is 0 Å². The van der Waals surface area contributed by atoms with Gasteiger partial charge in [-0.05, 0) is 25.5 Å². The molecule has 3 rings (SSSR count). The van der Waals surface area contributed by atoms with E-state index in [9.17, 15) is 4.79 Å². The zero-order valence-corrected chi connectivity index (χ0v) is 16.9. The van der Waals surface area contributed by atoms with E-state index in [-0.39, 0.29) is 17.7 Å². The third kappa shape index (κ3) is 4.89. The van der Waals surface area contributed by atoms with Gasteiger partial charge in [0, 0.05) is 12.1 Å². The van der Waals surface area contributed by atoms with E-state index >= 15 is 0 Å². The van der Waals surface area contributed by atoms with Crippen molar-refractivity contribution in [3.63, 3.8) is 0 Å². The molecule has 5 nitrogen and oxygen atoms in total. The quantitative estimate of drug-likeness (QED) is 0.456. The van der Waals surface area contributed by atoms with Crippen molar-refractivity contribution in [2.24, 2.45) is 0 Å². The van der Waals surface area contributed by atoms with Crippen molar-refractivity contribution in [2.75, 3.05) is 5.75 Å². The van der Waals surface area contributed by atoms with Crippen LogP contribution in [0.2, 0.25) is 0 Å². The van der Waals surface area contributed by atoms with Crippen molar-refractivity contribution in [3.05, 3.63) is 78.4 Å². The number of aromatic nitrogens is 3.